The number of amides is 1. The number of cyclic esters (lactones) is 2. The highest BCUT2D eigenvalue weighted by Crippen LogP contribution is 2.47. The predicted octanol–water partition coefficient (Wildman–Crippen LogP) is 12.1. The third kappa shape index (κ3) is 18.3. The van der Waals surface area contributed by atoms with Crippen LogP contribution in [-0.2, 0) is 73.2 Å². The van der Waals surface area contributed by atoms with Crippen molar-refractivity contribution in [3.8, 4) is 11.3 Å². The predicted molar refractivity (Wildman–Crippen MR) is 376 cm³/mol. The SMILES string of the molecule is C=C[C@]1(OC(=O)n2ccnc2)/C=C(\C)C(=O)[C@H](C)CC(C)(C)[C@H](O[C@@H]2O[C@H](C)C[C@H](C)[C@H]2C)[C@@H](C)C(=O)[C@@H](C)C(=O)O[C@@H]1CC.C=C[C@]12OC(=O)N(CCCCn3cnc(-c4cncnc4)c3)[C@@H]1[C@@H](C)C(=O)[C@H](C)CC(C)(C)[C@H](O[C@@H]1O[C@H](C)C[C@H](C)[C@H]1O)[C@@H](C)C(=O)[C@@H](C)C(=O)O[C@@H]2CC. The first-order chi connectivity index (χ1) is 47.4. The number of Topliss-reactive ketones (excluding diaryl/α,β-unsaturated/α-hetero) is 4. The average molecular weight is 1410 g/mol. The van der Waals surface area contributed by atoms with Crippen LogP contribution in [0.25, 0.3) is 11.3 Å². The largest absolute Gasteiger partial charge is 0.457 e. The van der Waals surface area contributed by atoms with E-state index in [9.17, 15) is 43.5 Å². The van der Waals surface area contributed by atoms with Gasteiger partial charge in [-0.3, -0.25) is 33.7 Å². The Labute approximate surface area is 596 Å². The van der Waals surface area contributed by atoms with E-state index in [4.69, 9.17) is 37.9 Å². The maximum atomic E-state index is 14.7. The molecule has 0 radical (unpaired) electrons. The molecule has 0 bridgehead atoms. The number of imidazole rings is 2. The Bertz CT molecular complexity index is 3420. The van der Waals surface area contributed by atoms with E-state index in [2.05, 4.69) is 46.9 Å². The molecule has 4 fully saturated rings. The Morgan fingerprint density at radius 3 is 1.78 bits per heavy atom. The van der Waals surface area contributed by atoms with Crippen molar-refractivity contribution < 1.29 is 81.4 Å². The molecule has 0 unspecified atom stereocenters. The second kappa shape index (κ2) is 34.0. The number of carbonyl (C=O) groups is 8. The van der Waals surface area contributed by atoms with E-state index in [-0.39, 0.29) is 60.8 Å². The van der Waals surface area contributed by atoms with Crippen LogP contribution in [0.4, 0.5) is 9.59 Å². The van der Waals surface area contributed by atoms with Gasteiger partial charge in [0.25, 0.3) is 0 Å². The van der Waals surface area contributed by atoms with Gasteiger partial charge in [-0.15, -0.1) is 0 Å². The number of ether oxygens (including phenoxy) is 8. The molecule has 0 spiro atoms. The number of ketones is 4. The molecule has 1 amide bonds. The number of aryl methyl sites for hydroxylation is 1. The number of carbonyl (C=O) groups excluding carboxylic acids is 8. The lowest BCUT2D eigenvalue weighted by Crippen LogP contribution is -2.58. The first-order valence-corrected chi connectivity index (χ1v) is 36.2. The number of rotatable bonds is 15. The Kier molecular flexibility index (Phi) is 27.3. The molecular formula is C77H113N7O17. The number of nitrogens with zero attached hydrogens (tertiary/aromatic N) is 7. The normalized spacial score (nSPS) is 36.7. The summed E-state index contributed by atoms with van der Waals surface area (Å²) < 4.78 is 52.8. The molecule has 558 valence electrons. The number of aromatic nitrogens is 6. The summed E-state index contributed by atoms with van der Waals surface area (Å²) in [4.78, 5) is 129. The second-order valence-electron chi connectivity index (χ2n) is 30.9. The van der Waals surface area contributed by atoms with Gasteiger partial charge in [0.2, 0.25) is 0 Å². The van der Waals surface area contributed by atoms with Crippen LogP contribution in [0.1, 0.15) is 183 Å². The van der Waals surface area contributed by atoms with Crippen molar-refractivity contribution in [1.29, 1.82) is 0 Å². The molecule has 8 rings (SSSR count). The van der Waals surface area contributed by atoms with Crippen LogP contribution >= 0.6 is 0 Å². The van der Waals surface area contributed by atoms with Crippen molar-refractivity contribution >= 4 is 47.3 Å². The van der Waals surface area contributed by atoms with Gasteiger partial charge in [-0.1, -0.05) is 110 Å². The Morgan fingerprint density at radius 2 is 1.23 bits per heavy atom. The molecule has 1 N–H and O–H groups in total. The fraction of sp³-hybridized carbons (Fsp3) is 0.688. The Morgan fingerprint density at radius 1 is 0.683 bits per heavy atom. The van der Waals surface area contributed by atoms with Crippen LogP contribution in [-0.4, -0.2) is 165 Å². The van der Waals surface area contributed by atoms with E-state index in [1.165, 1.54) is 57.1 Å². The van der Waals surface area contributed by atoms with Crippen molar-refractivity contribution in [3.63, 3.8) is 0 Å². The summed E-state index contributed by atoms with van der Waals surface area (Å²) >= 11 is 0. The highest BCUT2D eigenvalue weighted by Gasteiger charge is 2.62. The van der Waals surface area contributed by atoms with E-state index in [1.54, 1.807) is 65.2 Å². The number of hydrogen-bond acceptors (Lipinski definition) is 21. The van der Waals surface area contributed by atoms with Crippen molar-refractivity contribution in [3.05, 3.63) is 86.9 Å². The summed E-state index contributed by atoms with van der Waals surface area (Å²) in [5, 5.41) is 11.1. The fourth-order valence-electron chi connectivity index (χ4n) is 16.1. The molecule has 24 nitrogen and oxygen atoms in total. The zero-order chi connectivity index (χ0) is 75.0. The molecule has 24 heteroatoms. The molecule has 3 aromatic rings. The lowest BCUT2D eigenvalue weighted by atomic mass is 9.69. The van der Waals surface area contributed by atoms with Gasteiger partial charge in [-0.2, -0.15) is 0 Å². The van der Waals surface area contributed by atoms with Crippen LogP contribution in [0.2, 0.25) is 0 Å². The summed E-state index contributed by atoms with van der Waals surface area (Å²) in [6.07, 6.45) is 13.3. The Balaban J connectivity index is 0.000000291. The van der Waals surface area contributed by atoms with Crippen LogP contribution < -0.4 is 0 Å². The fourth-order valence-corrected chi connectivity index (χ4v) is 16.1. The lowest BCUT2D eigenvalue weighted by Gasteiger charge is -2.45. The van der Waals surface area contributed by atoms with Gasteiger partial charge >= 0.3 is 24.1 Å². The number of esters is 2. The number of hydrogen-bond donors (Lipinski definition) is 1. The minimum absolute atomic E-state index is 0.00463. The van der Waals surface area contributed by atoms with Gasteiger partial charge in [0.05, 0.1) is 42.5 Å². The summed E-state index contributed by atoms with van der Waals surface area (Å²) in [6, 6.07) is -0.852. The zero-order valence-corrected chi connectivity index (χ0v) is 63.0. The van der Waals surface area contributed by atoms with E-state index in [1.807, 2.05) is 73.1 Å². The lowest BCUT2D eigenvalue weighted by molar-refractivity contribution is -0.284. The topological polar surface area (TPSA) is 295 Å². The minimum atomic E-state index is -1.70. The van der Waals surface area contributed by atoms with Gasteiger partial charge in [-0.25, -0.2) is 34.1 Å². The zero-order valence-electron chi connectivity index (χ0n) is 63.0. The number of allylic oxidation sites excluding steroid dienone is 1. The molecule has 0 aromatic carbocycles. The molecule has 4 saturated heterocycles. The molecule has 0 saturated carbocycles. The molecular weight excluding hydrogens is 1290 g/mol. The summed E-state index contributed by atoms with van der Waals surface area (Å²) in [7, 11) is 0. The number of aliphatic hydroxyl groups is 1. The highest BCUT2D eigenvalue weighted by molar-refractivity contribution is 6.01. The number of aliphatic hydroxyl groups excluding tert-OH is 1. The quantitative estimate of drug-likeness (QED) is 0.0486. The van der Waals surface area contributed by atoms with E-state index in [0.29, 0.717) is 50.1 Å². The average Bonchev–Trinajstić information content (AvgIpc) is 1.62. The highest BCUT2D eigenvalue weighted by atomic mass is 16.7. The van der Waals surface area contributed by atoms with Gasteiger partial charge in [0, 0.05) is 85.1 Å². The molecule has 5 aliphatic rings. The van der Waals surface area contributed by atoms with E-state index in [0.717, 1.165) is 22.2 Å². The van der Waals surface area contributed by atoms with Gasteiger partial charge in [0.15, 0.2) is 41.1 Å². The second-order valence-corrected chi connectivity index (χ2v) is 30.9. The van der Waals surface area contributed by atoms with E-state index < -0.39 is 143 Å². The first-order valence-electron chi connectivity index (χ1n) is 36.2. The molecule has 5 aliphatic heterocycles. The summed E-state index contributed by atoms with van der Waals surface area (Å²) in [5.74, 6) is -7.94. The van der Waals surface area contributed by atoms with Crippen molar-refractivity contribution in [2.24, 2.45) is 70.0 Å². The maximum absolute atomic E-state index is 14.7. The summed E-state index contributed by atoms with van der Waals surface area (Å²) in [5.41, 5.74) is -2.87. The minimum Gasteiger partial charge on any atom is -0.457 e. The monoisotopic (exact) mass is 1410 g/mol. The van der Waals surface area contributed by atoms with Crippen molar-refractivity contribution in [2.45, 2.75) is 262 Å². The third-order valence-electron chi connectivity index (χ3n) is 21.9. The van der Waals surface area contributed by atoms with Crippen molar-refractivity contribution in [2.75, 3.05) is 6.54 Å². The van der Waals surface area contributed by atoms with Crippen LogP contribution in [0.3, 0.4) is 0 Å². The summed E-state index contributed by atoms with van der Waals surface area (Å²) in [6.45, 7) is 44.0. The first kappa shape index (κ1) is 81.2. The molecule has 0 aliphatic carbocycles. The molecule has 101 heavy (non-hydrogen) atoms. The third-order valence-corrected chi connectivity index (χ3v) is 21.9. The Hall–Kier alpha value is -7.12. The van der Waals surface area contributed by atoms with Crippen molar-refractivity contribution in [1.82, 2.24) is 34.0 Å². The smallest absolute Gasteiger partial charge is 0.420 e. The maximum Gasteiger partial charge on any atom is 0.420 e. The molecule has 3 aromatic heterocycles. The van der Waals surface area contributed by atoms with E-state index >= 15 is 0 Å². The van der Waals surface area contributed by atoms with Gasteiger partial charge in [-0.05, 0) is 132 Å². The molecule has 22 atom stereocenters. The molecule has 8 heterocycles. The van der Waals surface area contributed by atoms with Crippen LogP contribution in [0, 0.1) is 70.0 Å². The van der Waals surface area contributed by atoms with Gasteiger partial charge < -0.3 is 47.6 Å². The number of fused-ring (bicyclic) bond motifs is 1. The standard InChI is InChI=1S/C42H61N5O9.C35H52N2O8/c1-11-32-42(12-2)36(47(40(52)56-42)16-14-13-15-46-21-31(45-23-46)30-19-43-22-44-20-30)27(6)33(48)25(4)18-41(9,10)37(28(7)35(50)29(8)38(51)54-32)55-39-34(49)24(3)17-26(5)53-39;1-12-27-35(13-2,45-33(41)37-15-14-36-19-37)18-22(5)28(38)21(4)17-34(10,11)30(25(8)29(39)26(9)31(40)43-27)44-32-24(7)20(3)16-23(6)42-32/h12,19-29,32,34,36-37,39,49H,2,11,13-18H2,1,3-10H3;13-15,18-21,23-27,30,32H,2,12,16-17H2,1,3-11H3/b;22-18+/t24-,25+,26+,27-,28-,29+,32+,34+,36+,37+,39-,42+;20-,21+,23+,24+,25-,26+,27+,30+,32-,35-/m00/s1. The van der Waals surface area contributed by atoms with Crippen LogP contribution in [0.5, 0.6) is 0 Å². The number of unbranched alkanes of at least 4 members (excludes halogenated alkanes) is 1. The van der Waals surface area contributed by atoms with Crippen LogP contribution in [0.15, 0.2) is 86.9 Å². The van der Waals surface area contributed by atoms with Gasteiger partial charge in [0.1, 0.15) is 48.6 Å².